The van der Waals surface area contributed by atoms with Crippen LogP contribution in [0, 0.1) is 6.92 Å². The zero-order valence-corrected chi connectivity index (χ0v) is 12.7. The number of rotatable bonds is 6. The summed E-state index contributed by atoms with van der Waals surface area (Å²) in [5, 5.41) is 0. The van der Waals surface area contributed by atoms with Crippen LogP contribution in [0.15, 0.2) is 23.1 Å². The van der Waals surface area contributed by atoms with E-state index in [1.165, 1.54) is 19.2 Å². The van der Waals surface area contributed by atoms with Crippen LogP contribution in [0.3, 0.4) is 0 Å². The Morgan fingerprint density at radius 2 is 2.10 bits per heavy atom. The Balaban J connectivity index is 2.98. The summed E-state index contributed by atoms with van der Waals surface area (Å²) in [6, 6.07) is 4.26. The molecular formula is C13H20N2O4S. The molecule has 3 N–H and O–H groups in total. The van der Waals surface area contributed by atoms with Gasteiger partial charge >= 0.3 is 5.97 Å². The van der Waals surface area contributed by atoms with E-state index in [0.717, 1.165) is 0 Å². The van der Waals surface area contributed by atoms with Crippen molar-refractivity contribution in [1.29, 1.82) is 0 Å². The van der Waals surface area contributed by atoms with E-state index in [-0.39, 0.29) is 23.0 Å². The number of sulfonamides is 1. The summed E-state index contributed by atoms with van der Waals surface area (Å²) in [6.07, 6.45) is 0.537. The van der Waals surface area contributed by atoms with Gasteiger partial charge < -0.3 is 10.5 Å². The Bertz CT molecular complexity index is 582. The predicted molar refractivity (Wildman–Crippen MR) is 76.0 cm³/mol. The highest BCUT2D eigenvalue weighted by Crippen LogP contribution is 2.16. The fourth-order valence-electron chi connectivity index (χ4n) is 1.60. The highest BCUT2D eigenvalue weighted by molar-refractivity contribution is 7.89. The number of hydrogen-bond acceptors (Lipinski definition) is 5. The second-order valence-electron chi connectivity index (χ2n) is 4.63. The van der Waals surface area contributed by atoms with Crippen molar-refractivity contribution in [3.8, 4) is 0 Å². The monoisotopic (exact) mass is 300 g/mol. The molecule has 0 aromatic heterocycles. The minimum Gasteiger partial charge on any atom is -0.465 e. The topological polar surface area (TPSA) is 98.5 Å². The van der Waals surface area contributed by atoms with Gasteiger partial charge in [-0.2, -0.15) is 0 Å². The summed E-state index contributed by atoms with van der Waals surface area (Å²) in [4.78, 5) is 11.6. The number of methoxy groups -OCH3 is 1. The van der Waals surface area contributed by atoms with Gasteiger partial charge in [0.05, 0.1) is 17.6 Å². The molecule has 0 aliphatic carbocycles. The predicted octanol–water partition coefficient (Wildman–Crippen LogP) is 0.797. The van der Waals surface area contributed by atoms with E-state index in [2.05, 4.69) is 9.46 Å². The average molecular weight is 300 g/mol. The van der Waals surface area contributed by atoms with Crippen LogP contribution in [-0.4, -0.2) is 34.1 Å². The third-order valence-electron chi connectivity index (χ3n) is 2.82. The molecule has 0 saturated carbocycles. The van der Waals surface area contributed by atoms with Crippen LogP contribution in [0.1, 0.15) is 29.3 Å². The molecule has 0 fully saturated rings. The number of hydrogen-bond donors (Lipinski definition) is 2. The summed E-state index contributed by atoms with van der Waals surface area (Å²) in [5.41, 5.74) is 6.46. The number of ether oxygens (including phenoxy) is 1. The van der Waals surface area contributed by atoms with Crippen LogP contribution < -0.4 is 10.5 Å². The molecule has 20 heavy (non-hydrogen) atoms. The normalized spacial score (nSPS) is 13.0. The lowest BCUT2D eigenvalue weighted by atomic mass is 10.1. The fraction of sp³-hybridized carbons (Fsp3) is 0.462. The molecule has 1 aromatic carbocycles. The number of carbonyl (C=O) groups is 1. The Morgan fingerprint density at radius 3 is 2.65 bits per heavy atom. The molecule has 0 radical (unpaired) electrons. The Labute approximate surface area is 119 Å². The molecule has 6 nitrogen and oxygen atoms in total. The van der Waals surface area contributed by atoms with Gasteiger partial charge in [-0.1, -0.05) is 6.07 Å². The largest absolute Gasteiger partial charge is 0.465 e. The van der Waals surface area contributed by atoms with Gasteiger partial charge in [0, 0.05) is 12.6 Å². The molecule has 1 rings (SSSR count). The number of carbonyl (C=O) groups excluding carboxylic acids is 1. The number of aryl methyl sites for hydroxylation is 1. The van der Waals surface area contributed by atoms with Crippen LogP contribution >= 0.6 is 0 Å². The maximum absolute atomic E-state index is 12.1. The molecule has 0 heterocycles. The first-order chi connectivity index (χ1) is 9.27. The van der Waals surface area contributed by atoms with Gasteiger partial charge in [0.1, 0.15) is 0 Å². The number of nitrogens with two attached hydrogens (primary N) is 1. The molecule has 7 heteroatoms. The molecule has 0 aliphatic rings. The van der Waals surface area contributed by atoms with Crippen molar-refractivity contribution >= 4 is 16.0 Å². The molecule has 0 bridgehead atoms. The van der Waals surface area contributed by atoms with Crippen molar-refractivity contribution in [2.75, 3.05) is 13.7 Å². The maximum Gasteiger partial charge on any atom is 0.338 e. The second-order valence-corrected chi connectivity index (χ2v) is 6.40. The van der Waals surface area contributed by atoms with E-state index in [0.29, 0.717) is 12.0 Å². The quantitative estimate of drug-likeness (QED) is 0.757. The molecule has 1 atom stereocenters. The summed E-state index contributed by atoms with van der Waals surface area (Å²) < 4.78 is 31.2. The van der Waals surface area contributed by atoms with Gasteiger partial charge in [-0.15, -0.1) is 0 Å². The van der Waals surface area contributed by atoms with Gasteiger partial charge in [-0.25, -0.2) is 17.9 Å². The first-order valence-electron chi connectivity index (χ1n) is 6.22. The summed E-state index contributed by atoms with van der Waals surface area (Å²) in [7, 11) is -2.40. The second kappa shape index (κ2) is 6.83. The van der Waals surface area contributed by atoms with Gasteiger partial charge in [0.25, 0.3) is 0 Å². The van der Waals surface area contributed by atoms with E-state index >= 15 is 0 Å². The highest BCUT2D eigenvalue weighted by atomic mass is 32.2. The van der Waals surface area contributed by atoms with E-state index in [9.17, 15) is 13.2 Å². The minimum atomic E-state index is -3.65. The summed E-state index contributed by atoms with van der Waals surface area (Å²) in [6.45, 7) is 3.77. The van der Waals surface area contributed by atoms with Crippen molar-refractivity contribution < 1.29 is 17.9 Å². The van der Waals surface area contributed by atoms with Crippen molar-refractivity contribution in [2.45, 2.75) is 31.2 Å². The highest BCUT2D eigenvalue weighted by Gasteiger charge is 2.18. The number of nitrogens with one attached hydrogen (secondary N) is 1. The van der Waals surface area contributed by atoms with Gasteiger partial charge in [0.2, 0.25) is 10.0 Å². The lowest BCUT2D eigenvalue weighted by Crippen LogP contribution is -2.29. The standard InChI is InChI=1S/C13H20N2O4S/c1-9-4-5-11(8-12(9)13(16)19-3)20(17,18)15-7-6-10(2)14/h4-5,8,10,15H,6-7,14H2,1-3H3. The molecule has 1 unspecified atom stereocenters. The molecule has 0 amide bonds. The molecular weight excluding hydrogens is 280 g/mol. The average Bonchev–Trinajstić information content (AvgIpc) is 2.37. The smallest absolute Gasteiger partial charge is 0.338 e. The van der Waals surface area contributed by atoms with Crippen LogP contribution in [-0.2, 0) is 14.8 Å². The van der Waals surface area contributed by atoms with Crippen molar-refractivity contribution in [2.24, 2.45) is 5.73 Å². The molecule has 0 saturated heterocycles. The van der Waals surface area contributed by atoms with Crippen LogP contribution in [0.25, 0.3) is 0 Å². The lowest BCUT2D eigenvalue weighted by Gasteiger charge is -2.10. The van der Waals surface area contributed by atoms with Gasteiger partial charge in [-0.3, -0.25) is 0 Å². The lowest BCUT2D eigenvalue weighted by molar-refractivity contribution is 0.0599. The van der Waals surface area contributed by atoms with E-state index < -0.39 is 16.0 Å². The molecule has 0 spiro atoms. The van der Waals surface area contributed by atoms with Crippen LogP contribution in [0.2, 0.25) is 0 Å². The zero-order chi connectivity index (χ0) is 15.3. The zero-order valence-electron chi connectivity index (χ0n) is 11.8. The fourth-order valence-corrected chi connectivity index (χ4v) is 2.68. The van der Waals surface area contributed by atoms with E-state index in [1.807, 2.05) is 0 Å². The van der Waals surface area contributed by atoms with Gasteiger partial charge in [0.15, 0.2) is 0 Å². The SMILES string of the molecule is COC(=O)c1cc(S(=O)(=O)NCCC(C)N)ccc1C. The summed E-state index contributed by atoms with van der Waals surface area (Å²) in [5.74, 6) is -0.560. The minimum absolute atomic E-state index is 0.0353. The molecule has 0 aliphatic heterocycles. The van der Waals surface area contributed by atoms with Crippen molar-refractivity contribution in [3.63, 3.8) is 0 Å². The molecule has 112 valence electrons. The van der Waals surface area contributed by atoms with Crippen LogP contribution in [0.4, 0.5) is 0 Å². The Hall–Kier alpha value is -1.44. The summed E-state index contributed by atoms with van der Waals surface area (Å²) >= 11 is 0. The third kappa shape index (κ3) is 4.29. The van der Waals surface area contributed by atoms with Crippen LogP contribution in [0.5, 0.6) is 0 Å². The Morgan fingerprint density at radius 1 is 1.45 bits per heavy atom. The Kier molecular flexibility index (Phi) is 5.67. The van der Waals surface area contributed by atoms with Crippen molar-refractivity contribution in [1.82, 2.24) is 4.72 Å². The first kappa shape index (κ1) is 16.6. The number of esters is 1. The third-order valence-corrected chi connectivity index (χ3v) is 4.28. The van der Waals surface area contributed by atoms with E-state index in [4.69, 9.17) is 5.73 Å². The maximum atomic E-state index is 12.1. The number of benzene rings is 1. The first-order valence-corrected chi connectivity index (χ1v) is 7.70. The van der Waals surface area contributed by atoms with Crippen molar-refractivity contribution in [3.05, 3.63) is 29.3 Å². The van der Waals surface area contributed by atoms with E-state index in [1.54, 1.807) is 19.9 Å². The molecule has 1 aromatic rings. The van der Waals surface area contributed by atoms with Gasteiger partial charge in [-0.05, 0) is 38.0 Å².